The van der Waals surface area contributed by atoms with Crippen LogP contribution >= 0.6 is 15.9 Å². The number of alkyl halides is 1. The van der Waals surface area contributed by atoms with Gasteiger partial charge in [-0.25, -0.2) is 22.5 Å². The molecule has 1 rings (SSSR count). The van der Waals surface area contributed by atoms with Gasteiger partial charge in [-0.2, -0.15) is 0 Å². The molecule has 0 spiro atoms. The Labute approximate surface area is 96.1 Å². The summed E-state index contributed by atoms with van der Waals surface area (Å²) in [6.45, 7) is 1.66. The minimum Gasteiger partial charge on any atom is -0.241 e. The highest BCUT2D eigenvalue weighted by Gasteiger charge is 2.21. The Morgan fingerprint density at radius 1 is 1.67 bits per heavy atom. The van der Waals surface area contributed by atoms with Crippen LogP contribution in [0.15, 0.2) is 23.4 Å². The Kier molecular flexibility index (Phi) is 4.18. The van der Waals surface area contributed by atoms with Gasteiger partial charge in [-0.15, -0.1) is 0 Å². The van der Waals surface area contributed by atoms with E-state index in [1.807, 2.05) is 0 Å². The van der Waals surface area contributed by atoms with Crippen molar-refractivity contribution >= 4 is 26.0 Å². The molecule has 0 aromatic carbocycles. The Hall–Kier alpha value is -0.530. The number of sulfonamides is 1. The second-order valence-corrected chi connectivity index (χ2v) is 5.24. The van der Waals surface area contributed by atoms with Crippen LogP contribution in [-0.4, -0.2) is 24.8 Å². The van der Waals surface area contributed by atoms with Crippen LogP contribution in [-0.2, 0) is 10.0 Å². The fourth-order valence-electron chi connectivity index (χ4n) is 0.921. The summed E-state index contributed by atoms with van der Waals surface area (Å²) < 4.78 is 38.6. The van der Waals surface area contributed by atoms with E-state index in [-0.39, 0.29) is 6.04 Å². The van der Waals surface area contributed by atoms with E-state index >= 15 is 0 Å². The van der Waals surface area contributed by atoms with Gasteiger partial charge < -0.3 is 0 Å². The van der Waals surface area contributed by atoms with Gasteiger partial charge in [0.2, 0.25) is 5.03 Å². The lowest BCUT2D eigenvalue weighted by molar-refractivity contribution is 0.538. The monoisotopic (exact) mass is 296 g/mol. The first kappa shape index (κ1) is 12.5. The van der Waals surface area contributed by atoms with E-state index in [4.69, 9.17) is 0 Å². The van der Waals surface area contributed by atoms with Crippen molar-refractivity contribution in [2.75, 3.05) is 5.33 Å². The average Bonchev–Trinajstić information content (AvgIpc) is 2.17. The number of rotatable bonds is 4. The SMILES string of the molecule is CC(CBr)NS(=O)(=O)c1ncccc1F. The second kappa shape index (κ2) is 5.00. The lowest BCUT2D eigenvalue weighted by Crippen LogP contribution is -2.34. The maximum atomic E-state index is 13.1. The van der Waals surface area contributed by atoms with Crippen molar-refractivity contribution in [3.63, 3.8) is 0 Å². The molecule has 0 fully saturated rings. The van der Waals surface area contributed by atoms with Gasteiger partial charge in [-0.05, 0) is 19.1 Å². The summed E-state index contributed by atoms with van der Waals surface area (Å²) in [7, 11) is -3.87. The third kappa shape index (κ3) is 3.22. The molecule has 0 saturated carbocycles. The van der Waals surface area contributed by atoms with E-state index in [2.05, 4.69) is 25.6 Å². The zero-order valence-corrected chi connectivity index (χ0v) is 10.3. The molecule has 15 heavy (non-hydrogen) atoms. The summed E-state index contributed by atoms with van der Waals surface area (Å²) in [5, 5.41) is -0.126. The first-order valence-corrected chi connectivity index (χ1v) is 6.76. The van der Waals surface area contributed by atoms with Crippen LogP contribution in [0.3, 0.4) is 0 Å². The highest BCUT2D eigenvalue weighted by molar-refractivity contribution is 9.09. The van der Waals surface area contributed by atoms with Crippen molar-refractivity contribution in [2.24, 2.45) is 0 Å². The zero-order valence-electron chi connectivity index (χ0n) is 7.94. The van der Waals surface area contributed by atoms with Crippen molar-refractivity contribution in [3.8, 4) is 0 Å². The largest absolute Gasteiger partial charge is 0.261 e. The van der Waals surface area contributed by atoms with E-state index < -0.39 is 20.9 Å². The number of pyridine rings is 1. The molecule has 1 aromatic heterocycles. The zero-order chi connectivity index (χ0) is 11.5. The van der Waals surface area contributed by atoms with Crippen molar-refractivity contribution in [1.82, 2.24) is 9.71 Å². The molecule has 4 nitrogen and oxygen atoms in total. The van der Waals surface area contributed by atoms with Gasteiger partial charge in [-0.3, -0.25) is 0 Å². The topological polar surface area (TPSA) is 59.1 Å². The number of hydrogen-bond donors (Lipinski definition) is 1. The summed E-state index contributed by atoms with van der Waals surface area (Å²) in [5.41, 5.74) is 0. The Morgan fingerprint density at radius 2 is 2.33 bits per heavy atom. The normalized spacial score (nSPS) is 13.8. The molecule has 0 aliphatic carbocycles. The van der Waals surface area contributed by atoms with Crippen LogP contribution < -0.4 is 4.72 Å². The Bertz CT molecular complexity index is 438. The molecule has 0 radical (unpaired) electrons. The summed E-state index contributed by atoms with van der Waals surface area (Å²) in [5.74, 6) is -0.855. The van der Waals surface area contributed by atoms with Crippen molar-refractivity contribution in [1.29, 1.82) is 0 Å². The van der Waals surface area contributed by atoms with E-state index in [1.165, 1.54) is 12.3 Å². The number of nitrogens with zero attached hydrogens (tertiary/aromatic N) is 1. The molecule has 1 unspecified atom stereocenters. The molecule has 0 bridgehead atoms. The fraction of sp³-hybridized carbons (Fsp3) is 0.375. The molecule has 7 heteroatoms. The molecule has 0 aliphatic heterocycles. The van der Waals surface area contributed by atoms with Crippen LogP contribution in [0.5, 0.6) is 0 Å². The molecule has 1 atom stereocenters. The van der Waals surface area contributed by atoms with E-state index in [0.717, 1.165) is 6.07 Å². The lowest BCUT2D eigenvalue weighted by Gasteiger charge is -2.10. The van der Waals surface area contributed by atoms with Crippen molar-refractivity contribution in [2.45, 2.75) is 18.0 Å². The number of hydrogen-bond acceptors (Lipinski definition) is 3. The van der Waals surface area contributed by atoms with Crippen LogP contribution in [0, 0.1) is 5.82 Å². The number of nitrogens with one attached hydrogen (secondary N) is 1. The smallest absolute Gasteiger partial charge is 0.241 e. The number of halogens is 2. The predicted octanol–water partition coefficient (Wildman–Crippen LogP) is 1.28. The van der Waals surface area contributed by atoms with Crippen molar-refractivity contribution in [3.05, 3.63) is 24.1 Å². The Balaban J connectivity index is 3.02. The summed E-state index contributed by atoms with van der Waals surface area (Å²) in [4.78, 5) is 3.50. The fourth-order valence-corrected chi connectivity index (χ4v) is 2.55. The first-order valence-electron chi connectivity index (χ1n) is 4.16. The molecule has 1 N–H and O–H groups in total. The van der Waals surface area contributed by atoms with Gasteiger partial charge in [0.15, 0.2) is 5.82 Å². The first-order chi connectivity index (χ1) is 6.97. The maximum Gasteiger partial charge on any atom is 0.261 e. The van der Waals surface area contributed by atoms with Crippen LogP contribution in [0.1, 0.15) is 6.92 Å². The van der Waals surface area contributed by atoms with Crippen LogP contribution in [0.25, 0.3) is 0 Å². The van der Waals surface area contributed by atoms with Crippen LogP contribution in [0.2, 0.25) is 0 Å². The number of aromatic nitrogens is 1. The van der Waals surface area contributed by atoms with Gasteiger partial charge >= 0.3 is 0 Å². The summed E-state index contributed by atoms with van der Waals surface area (Å²) in [6, 6.07) is 2.07. The standard InChI is InChI=1S/C8H10BrFN2O2S/c1-6(5-9)12-15(13,14)8-7(10)3-2-4-11-8/h2-4,6,12H,5H2,1H3. The molecule has 84 valence electrons. The van der Waals surface area contributed by atoms with Gasteiger partial charge in [0.05, 0.1) is 0 Å². The molecular formula is C8H10BrFN2O2S. The Morgan fingerprint density at radius 3 is 2.87 bits per heavy atom. The maximum absolute atomic E-state index is 13.1. The third-order valence-electron chi connectivity index (χ3n) is 1.57. The molecule has 1 heterocycles. The summed E-state index contributed by atoms with van der Waals surface area (Å²) in [6.07, 6.45) is 1.23. The van der Waals surface area contributed by atoms with Gasteiger partial charge in [0, 0.05) is 17.6 Å². The molecule has 0 amide bonds. The van der Waals surface area contributed by atoms with Crippen LogP contribution in [0.4, 0.5) is 4.39 Å². The van der Waals surface area contributed by atoms with Gasteiger partial charge in [0.1, 0.15) is 0 Å². The molecule has 0 saturated heterocycles. The summed E-state index contributed by atoms with van der Waals surface area (Å²) >= 11 is 3.12. The molecule has 1 aromatic rings. The average molecular weight is 297 g/mol. The van der Waals surface area contributed by atoms with E-state index in [9.17, 15) is 12.8 Å². The highest BCUT2D eigenvalue weighted by atomic mass is 79.9. The lowest BCUT2D eigenvalue weighted by atomic mass is 10.4. The molecular weight excluding hydrogens is 287 g/mol. The second-order valence-electron chi connectivity index (χ2n) is 2.97. The van der Waals surface area contributed by atoms with Crippen molar-refractivity contribution < 1.29 is 12.8 Å². The minimum absolute atomic E-state index is 0.323. The third-order valence-corrected chi connectivity index (χ3v) is 4.06. The van der Waals surface area contributed by atoms with E-state index in [0.29, 0.717) is 5.33 Å². The predicted molar refractivity (Wildman–Crippen MR) is 57.8 cm³/mol. The minimum atomic E-state index is -3.87. The van der Waals surface area contributed by atoms with Gasteiger partial charge in [-0.1, -0.05) is 15.9 Å². The quantitative estimate of drug-likeness (QED) is 0.852. The van der Waals surface area contributed by atoms with Gasteiger partial charge in [0.25, 0.3) is 10.0 Å². The highest BCUT2D eigenvalue weighted by Crippen LogP contribution is 2.10. The molecule has 0 aliphatic rings. The van der Waals surface area contributed by atoms with E-state index in [1.54, 1.807) is 6.92 Å².